The highest BCUT2D eigenvalue weighted by Crippen LogP contribution is 2.28. The normalized spacial score (nSPS) is 18.6. The highest BCUT2D eigenvalue weighted by Gasteiger charge is 2.27. The zero-order valence-electron chi connectivity index (χ0n) is 11.6. The third kappa shape index (κ3) is 5.14. The summed E-state index contributed by atoms with van der Waals surface area (Å²) < 4.78 is 0. The Balaban J connectivity index is 0.00000200. The number of hydrogen-bond donors (Lipinski definition) is 3. The lowest BCUT2D eigenvalue weighted by atomic mass is 10.4. The number of urea groups is 1. The van der Waals surface area contributed by atoms with E-state index >= 15 is 0 Å². The number of halogens is 1. The summed E-state index contributed by atoms with van der Waals surface area (Å²) in [6.07, 6.45) is 2.54. The van der Waals surface area contributed by atoms with Crippen molar-refractivity contribution in [3.8, 4) is 0 Å². The van der Waals surface area contributed by atoms with Crippen LogP contribution in [0, 0.1) is 5.92 Å². The van der Waals surface area contributed by atoms with Gasteiger partial charge in [0.15, 0.2) is 5.96 Å². The van der Waals surface area contributed by atoms with Crippen LogP contribution in [0.2, 0.25) is 0 Å². The number of carbonyl (C=O) groups excluding carboxylic acids is 2. The number of nitrogens with one attached hydrogen (secondary N) is 3. The Labute approximate surface area is 136 Å². The van der Waals surface area contributed by atoms with Crippen molar-refractivity contribution in [1.29, 1.82) is 0 Å². The number of amides is 3. The number of rotatable bonds is 6. The molecule has 0 aromatic heterocycles. The Bertz CT molecular complexity index is 368. The summed E-state index contributed by atoms with van der Waals surface area (Å²) in [6, 6.07) is -0.313. The molecule has 7 nitrogen and oxygen atoms in total. The summed E-state index contributed by atoms with van der Waals surface area (Å²) in [5.74, 6) is 1.31. The first-order chi connectivity index (χ1) is 9.20. The zero-order valence-corrected chi connectivity index (χ0v) is 14.0. The van der Waals surface area contributed by atoms with Gasteiger partial charge >= 0.3 is 6.03 Å². The standard InChI is InChI=1S/C12H21N5O2.HI/c1-2-13-11(15-7-9-3-4-9)14-5-6-17-10(18)8-16-12(17)19;/h9H,2-8H2,1H3,(H,16,19)(H2,13,14,15);1H. The topological polar surface area (TPSA) is 85.8 Å². The Morgan fingerprint density at radius 1 is 1.40 bits per heavy atom. The van der Waals surface area contributed by atoms with Crippen LogP contribution in [0.4, 0.5) is 4.79 Å². The molecule has 2 rings (SSSR count). The quantitative estimate of drug-likeness (QED) is 0.258. The molecule has 0 aromatic carbocycles. The van der Waals surface area contributed by atoms with Crippen LogP contribution in [0.3, 0.4) is 0 Å². The number of carbonyl (C=O) groups is 2. The van der Waals surface area contributed by atoms with E-state index in [9.17, 15) is 9.59 Å². The van der Waals surface area contributed by atoms with Crippen LogP contribution in [0.5, 0.6) is 0 Å². The van der Waals surface area contributed by atoms with E-state index in [1.807, 2.05) is 6.92 Å². The minimum absolute atomic E-state index is 0. The van der Waals surface area contributed by atoms with Crippen molar-refractivity contribution < 1.29 is 9.59 Å². The molecule has 0 atom stereocenters. The van der Waals surface area contributed by atoms with Gasteiger partial charge in [-0.1, -0.05) is 0 Å². The van der Waals surface area contributed by atoms with Crippen molar-refractivity contribution in [2.75, 3.05) is 32.7 Å². The second-order valence-electron chi connectivity index (χ2n) is 4.79. The summed E-state index contributed by atoms with van der Waals surface area (Å²) in [7, 11) is 0. The largest absolute Gasteiger partial charge is 0.357 e. The number of imide groups is 1. The molecule has 1 saturated carbocycles. The zero-order chi connectivity index (χ0) is 13.7. The maximum atomic E-state index is 11.4. The molecule has 20 heavy (non-hydrogen) atoms. The minimum Gasteiger partial charge on any atom is -0.357 e. The van der Waals surface area contributed by atoms with E-state index in [1.165, 1.54) is 17.7 Å². The first-order valence-electron chi connectivity index (χ1n) is 6.81. The molecule has 0 aromatic rings. The van der Waals surface area contributed by atoms with Crippen molar-refractivity contribution in [3.63, 3.8) is 0 Å². The van der Waals surface area contributed by atoms with Gasteiger partial charge in [-0.05, 0) is 25.7 Å². The molecule has 1 saturated heterocycles. The fraction of sp³-hybridized carbons (Fsp3) is 0.750. The molecule has 3 N–H and O–H groups in total. The first kappa shape index (κ1) is 17.0. The molecule has 8 heteroatoms. The van der Waals surface area contributed by atoms with Gasteiger partial charge < -0.3 is 16.0 Å². The predicted octanol–water partition coefficient (Wildman–Crippen LogP) is 0.121. The molecular formula is C12H22IN5O2. The van der Waals surface area contributed by atoms with Gasteiger partial charge in [0.1, 0.15) is 0 Å². The summed E-state index contributed by atoms with van der Waals surface area (Å²) in [6.45, 7) is 4.62. The van der Waals surface area contributed by atoms with Crippen molar-refractivity contribution in [2.24, 2.45) is 10.9 Å². The predicted molar refractivity (Wildman–Crippen MR) is 87.2 cm³/mol. The van der Waals surface area contributed by atoms with Gasteiger partial charge in [-0.2, -0.15) is 0 Å². The van der Waals surface area contributed by atoms with E-state index in [4.69, 9.17) is 0 Å². The summed E-state index contributed by atoms with van der Waals surface area (Å²) in [5.41, 5.74) is 0. The molecule has 0 spiro atoms. The van der Waals surface area contributed by atoms with Gasteiger partial charge in [-0.3, -0.25) is 14.7 Å². The lowest BCUT2D eigenvalue weighted by Crippen LogP contribution is -2.43. The second-order valence-corrected chi connectivity index (χ2v) is 4.79. The van der Waals surface area contributed by atoms with E-state index in [1.54, 1.807) is 0 Å². The van der Waals surface area contributed by atoms with E-state index in [0.717, 1.165) is 25.0 Å². The third-order valence-electron chi connectivity index (χ3n) is 3.11. The average molecular weight is 395 g/mol. The Morgan fingerprint density at radius 3 is 2.70 bits per heavy atom. The Hall–Kier alpha value is -1.06. The van der Waals surface area contributed by atoms with Crippen LogP contribution >= 0.6 is 24.0 Å². The minimum atomic E-state index is -0.313. The summed E-state index contributed by atoms with van der Waals surface area (Å²) in [5, 5.41) is 8.78. The molecular weight excluding hydrogens is 373 g/mol. The first-order valence-corrected chi connectivity index (χ1v) is 6.81. The van der Waals surface area contributed by atoms with Crippen molar-refractivity contribution >= 4 is 41.9 Å². The van der Waals surface area contributed by atoms with Crippen molar-refractivity contribution in [1.82, 2.24) is 20.9 Å². The average Bonchev–Trinajstić information content (AvgIpc) is 3.16. The fourth-order valence-electron chi connectivity index (χ4n) is 1.83. The van der Waals surface area contributed by atoms with Gasteiger partial charge in [-0.15, -0.1) is 24.0 Å². The molecule has 2 fully saturated rings. The van der Waals surface area contributed by atoms with Gasteiger partial charge in [0, 0.05) is 26.2 Å². The molecule has 1 aliphatic carbocycles. The molecule has 0 bridgehead atoms. The fourth-order valence-corrected chi connectivity index (χ4v) is 1.83. The Morgan fingerprint density at radius 2 is 2.15 bits per heavy atom. The molecule has 3 amide bonds. The molecule has 2 aliphatic rings. The van der Waals surface area contributed by atoms with Crippen LogP contribution in [-0.2, 0) is 4.79 Å². The SMILES string of the molecule is CCNC(=NCC1CC1)NCCN1C(=O)CNC1=O.I. The van der Waals surface area contributed by atoms with Crippen molar-refractivity contribution in [2.45, 2.75) is 19.8 Å². The number of aliphatic imine (C=N–C) groups is 1. The molecule has 0 radical (unpaired) electrons. The maximum absolute atomic E-state index is 11.4. The van der Waals surface area contributed by atoms with Crippen LogP contribution in [0.1, 0.15) is 19.8 Å². The smallest absolute Gasteiger partial charge is 0.324 e. The third-order valence-corrected chi connectivity index (χ3v) is 3.11. The van der Waals surface area contributed by atoms with Gasteiger partial charge in [0.2, 0.25) is 5.91 Å². The van der Waals surface area contributed by atoms with Crippen LogP contribution in [-0.4, -0.2) is 55.5 Å². The number of nitrogens with zero attached hydrogens (tertiary/aromatic N) is 2. The second kappa shape index (κ2) is 8.28. The number of guanidine groups is 1. The monoisotopic (exact) mass is 395 g/mol. The van der Waals surface area contributed by atoms with Crippen LogP contribution < -0.4 is 16.0 Å². The lowest BCUT2D eigenvalue weighted by Gasteiger charge is -2.15. The highest BCUT2D eigenvalue weighted by atomic mass is 127. The Kier molecular flexibility index (Phi) is 7.03. The van der Waals surface area contributed by atoms with Gasteiger partial charge in [-0.25, -0.2) is 4.79 Å². The summed E-state index contributed by atoms with van der Waals surface area (Å²) in [4.78, 5) is 28.4. The van der Waals surface area contributed by atoms with Crippen LogP contribution in [0.25, 0.3) is 0 Å². The van der Waals surface area contributed by atoms with Crippen molar-refractivity contribution in [3.05, 3.63) is 0 Å². The van der Waals surface area contributed by atoms with E-state index < -0.39 is 0 Å². The lowest BCUT2D eigenvalue weighted by molar-refractivity contribution is -0.124. The maximum Gasteiger partial charge on any atom is 0.324 e. The molecule has 114 valence electrons. The van der Waals surface area contributed by atoms with Crippen LogP contribution in [0.15, 0.2) is 4.99 Å². The van der Waals surface area contributed by atoms with Gasteiger partial charge in [0.05, 0.1) is 6.54 Å². The van der Waals surface area contributed by atoms with E-state index in [2.05, 4.69) is 20.9 Å². The highest BCUT2D eigenvalue weighted by molar-refractivity contribution is 14.0. The van der Waals surface area contributed by atoms with E-state index in [0.29, 0.717) is 13.1 Å². The molecule has 0 unspecified atom stereocenters. The molecule has 1 heterocycles. The van der Waals surface area contributed by atoms with E-state index in [-0.39, 0.29) is 42.5 Å². The van der Waals surface area contributed by atoms with Gasteiger partial charge in [0.25, 0.3) is 0 Å². The summed E-state index contributed by atoms with van der Waals surface area (Å²) >= 11 is 0. The molecule has 1 aliphatic heterocycles. The number of hydrogen-bond acceptors (Lipinski definition) is 3.